The van der Waals surface area contributed by atoms with E-state index >= 15 is 0 Å². The molecule has 2 heterocycles. The van der Waals surface area contributed by atoms with Crippen molar-refractivity contribution >= 4 is 46.7 Å². The SMILES string of the molecule is CCC[C@H](NC(=O)[C@@H]1C[C@]2(CC(c3cccc(Cl)c3)=NO2)CN1C(=O)[C@@H](NC(=O)CC1CCCCC1)C(C)(C)C)C(=O)C(=O)N[C@H](C)c1cccc(OC)c1. The summed E-state index contributed by atoms with van der Waals surface area (Å²) in [6.45, 7) is 9.28. The zero-order valence-corrected chi connectivity index (χ0v) is 33.7. The standard InChI is InChI=1S/C42H56ClN5O7/c1-7-13-32(36(50)39(52)44-26(2)28-16-12-19-31(22-28)54-6)45-38(51)34-24-42(23-33(47-55-42)29-17-11-18-30(43)21-29)25-48(34)40(53)37(41(3,4)5)46-35(49)20-27-14-9-8-10-15-27/h11-12,16-19,21-22,26-27,32,34,37H,7-10,13-15,20,23-25H2,1-6H3,(H,44,52)(H,45,51)(H,46,49)/t26-,32+,34+,37-,42-/m1/s1. The number of hydrogen-bond donors (Lipinski definition) is 3. The third-order valence-corrected chi connectivity index (χ3v) is 11.2. The van der Waals surface area contributed by atoms with E-state index in [2.05, 4.69) is 21.1 Å². The Kier molecular flexibility index (Phi) is 13.7. The summed E-state index contributed by atoms with van der Waals surface area (Å²) in [5.74, 6) is -1.95. The molecule has 3 N–H and O–H groups in total. The molecule has 1 spiro atoms. The van der Waals surface area contributed by atoms with Crippen molar-refractivity contribution in [3.8, 4) is 5.75 Å². The van der Waals surface area contributed by atoms with Crippen LogP contribution in [0.2, 0.25) is 5.02 Å². The van der Waals surface area contributed by atoms with Crippen LogP contribution in [0.4, 0.5) is 0 Å². The van der Waals surface area contributed by atoms with Crippen LogP contribution in [0.5, 0.6) is 5.75 Å². The normalized spacial score (nSPS) is 21.5. The molecule has 1 aliphatic carbocycles. The van der Waals surface area contributed by atoms with Gasteiger partial charge in [-0.25, -0.2) is 0 Å². The Labute approximate surface area is 329 Å². The summed E-state index contributed by atoms with van der Waals surface area (Å²) in [7, 11) is 1.55. The van der Waals surface area contributed by atoms with E-state index in [4.69, 9.17) is 21.2 Å². The first-order valence-electron chi connectivity index (χ1n) is 19.5. The summed E-state index contributed by atoms with van der Waals surface area (Å²) in [4.78, 5) is 77.1. The zero-order chi connectivity index (χ0) is 39.9. The number of halogens is 1. The number of ketones is 1. The number of rotatable bonds is 14. The summed E-state index contributed by atoms with van der Waals surface area (Å²) in [5.41, 5.74) is 0.396. The number of amides is 4. The summed E-state index contributed by atoms with van der Waals surface area (Å²) < 4.78 is 5.30. The van der Waals surface area contributed by atoms with E-state index < -0.39 is 58.7 Å². The minimum absolute atomic E-state index is 0.0213. The van der Waals surface area contributed by atoms with Crippen LogP contribution in [0.1, 0.15) is 116 Å². The average Bonchev–Trinajstić information content (AvgIpc) is 3.76. The number of oxime groups is 1. The summed E-state index contributed by atoms with van der Waals surface area (Å²) in [6.07, 6.45) is 6.76. The Balaban J connectivity index is 1.37. The highest BCUT2D eigenvalue weighted by Crippen LogP contribution is 2.40. The molecule has 13 heteroatoms. The Morgan fingerprint density at radius 2 is 1.75 bits per heavy atom. The van der Waals surface area contributed by atoms with Crippen molar-refractivity contribution in [3.63, 3.8) is 0 Å². The number of benzene rings is 2. The number of likely N-dealkylation sites (tertiary alicyclic amines) is 1. The molecule has 0 unspecified atom stereocenters. The molecule has 1 saturated heterocycles. The molecular formula is C42H56ClN5O7. The molecule has 55 heavy (non-hydrogen) atoms. The number of methoxy groups -OCH3 is 1. The van der Waals surface area contributed by atoms with Gasteiger partial charge in [-0.15, -0.1) is 0 Å². The lowest BCUT2D eigenvalue weighted by Crippen LogP contribution is -2.59. The number of nitrogens with zero attached hydrogens (tertiary/aromatic N) is 2. The number of ether oxygens (including phenoxy) is 1. The van der Waals surface area contributed by atoms with Gasteiger partial charge in [0.25, 0.3) is 5.91 Å². The molecule has 0 aromatic heterocycles. The van der Waals surface area contributed by atoms with Gasteiger partial charge in [-0.05, 0) is 67.3 Å². The van der Waals surface area contributed by atoms with E-state index in [1.807, 2.05) is 45.9 Å². The summed E-state index contributed by atoms with van der Waals surface area (Å²) in [6, 6.07) is 10.7. The van der Waals surface area contributed by atoms with Gasteiger partial charge in [0.15, 0.2) is 5.60 Å². The van der Waals surface area contributed by atoms with Crippen molar-refractivity contribution in [3.05, 3.63) is 64.7 Å². The van der Waals surface area contributed by atoms with Gasteiger partial charge in [0, 0.05) is 29.8 Å². The van der Waals surface area contributed by atoms with Gasteiger partial charge in [-0.3, -0.25) is 24.0 Å². The summed E-state index contributed by atoms with van der Waals surface area (Å²) >= 11 is 6.28. The molecule has 0 radical (unpaired) electrons. The van der Waals surface area contributed by atoms with Crippen LogP contribution in [-0.4, -0.2) is 77.4 Å². The van der Waals surface area contributed by atoms with Crippen LogP contribution >= 0.6 is 11.6 Å². The molecule has 2 fully saturated rings. The highest BCUT2D eigenvalue weighted by molar-refractivity contribution is 6.38. The van der Waals surface area contributed by atoms with Crippen LogP contribution in [0.25, 0.3) is 0 Å². The van der Waals surface area contributed by atoms with Crippen LogP contribution in [0.3, 0.4) is 0 Å². The molecule has 0 bridgehead atoms. The monoisotopic (exact) mass is 777 g/mol. The molecule has 5 rings (SSSR count). The molecule has 5 atom stereocenters. The van der Waals surface area contributed by atoms with Crippen LogP contribution in [-0.2, 0) is 28.8 Å². The van der Waals surface area contributed by atoms with Crippen molar-refractivity contribution in [2.75, 3.05) is 13.7 Å². The lowest BCUT2D eigenvalue weighted by atomic mass is 9.84. The maximum Gasteiger partial charge on any atom is 0.290 e. The molecule has 4 amide bonds. The van der Waals surface area contributed by atoms with Crippen LogP contribution < -0.4 is 20.7 Å². The second kappa shape index (κ2) is 18.0. The van der Waals surface area contributed by atoms with Crippen molar-refractivity contribution in [2.45, 2.75) is 129 Å². The molecule has 1 saturated carbocycles. The first-order valence-corrected chi connectivity index (χ1v) is 19.9. The second-order valence-corrected chi connectivity index (χ2v) is 16.9. The van der Waals surface area contributed by atoms with E-state index in [-0.39, 0.29) is 31.2 Å². The lowest BCUT2D eigenvalue weighted by Gasteiger charge is -2.36. The highest BCUT2D eigenvalue weighted by Gasteiger charge is 2.55. The topological polar surface area (TPSA) is 155 Å². The molecular weight excluding hydrogens is 722 g/mol. The number of carbonyl (C=O) groups is 5. The van der Waals surface area contributed by atoms with Crippen molar-refractivity contribution < 1.29 is 33.5 Å². The first kappa shape index (κ1) is 41.7. The molecule has 2 aromatic rings. The highest BCUT2D eigenvalue weighted by atomic mass is 35.5. The van der Waals surface area contributed by atoms with Crippen molar-refractivity contribution in [1.82, 2.24) is 20.9 Å². The number of carbonyl (C=O) groups excluding carboxylic acids is 5. The van der Waals surface area contributed by atoms with E-state index in [9.17, 15) is 24.0 Å². The van der Waals surface area contributed by atoms with Crippen LogP contribution in [0, 0.1) is 11.3 Å². The van der Waals surface area contributed by atoms with Gasteiger partial charge in [0.2, 0.25) is 23.5 Å². The molecule has 2 aliphatic heterocycles. The van der Waals surface area contributed by atoms with E-state index in [1.54, 1.807) is 44.4 Å². The fourth-order valence-corrected chi connectivity index (χ4v) is 8.08. The van der Waals surface area contributed by atoms with Gasteiger partial charge in [-0.2, -0.15) is 0 Å². The van der Waals surface area contributed by atoms with Gasteiger partial charge in [0.05, 0.1) is 31.4 Å². The summed E-state index contributed by atoms with van der Waals surface area (Å²) in [5, 5.41) is 13.5. The first-order chi connectivity index (χ1) is 26.1. The van der Waals surface area contributed by atoms with Crippen molar-refractivity contribution in [1.29, 1.82) is 0 Å². The Morgan fingerprint density at radius 3 is 2.42 bits per heavy atom. The average molecular weight is 778 g/mol. The predicted octanol–water partition coefficient (Wildman–Crippen LogP) is 6.05. The van der Waals surface area contributed by atoms with E-state index in [1.165, 1.54) is 11.3 Å². The maximum atomic E-state index is 14.7. The zero-order valence-electron chi connectivity index (χ0n) is 32.9. The quantitative estimate of drug-likeness (QED) is 0.198. The molecule has 12 nitrogen and oxygen atoms in total. The number of Topliss-reactive ketones (excluding diaryl/α,β-unsaturated/α-hetero) is 1. The molecule has 298 valence electrons. The number of nitrogens with one attached hydrogen (secondary N) is 3. The van der Waals surface area contributed by atoms with Gasteiger partial charge in [-0.1, -0.05) is 94.4 Å². The minimum Gasteiger partial charge on any atom is -0.497 e. The number of hydrogen-bond acceptors (Lipinski definition) is 8. The van der Waals surface area contributed by atoms with Gasteiger partial charge >= 0.3 is 0 Å². The third-order valence-electron chi connectivity index (χ3n) is 11.0. The minimum atomic E-state index is -1.14. The molecule has 3 aliphatic rings. The fourth-order valence-electron chi connectivity index (χ4n) is 7.89. The Hall–Kier alpha value is -4.45. The van der Waals surface area contributed by atoms with Gasteiger partial charge in [0.1, 0.15) is 17.8 Å². The van der Waals surface area contributed by atoms with E-state index in [0.29, 0.717) is 35.7 Å². The molecule has 2 aromatic carbocycles. The van der Waals surface area contributed by atoms with Crippen molar-refractivity contribution in [2.24, 2.45) is 16.5 Å². The van der Waals surface area contributed by atoms with Gasteiger partial charge < -0.3 is 30.4 Å². The fraction of sp³-hybridized carbons (Fsp3) is 0.571. The van der Waals surface area contributed by atoms with E-state index in [0.717, 1.165) is 36.8 Å². The predicted molar refractivity (Wildman–Crippen MR) is 211 cm³/mol. The Bertz CT molecular complexity index is 1770. The lowest BCUT2D eigenvalue weighted by molar-refractivity contribution is -0.145. The second-order valence-electron chi connectivity index (χ2n) is 16.4. The Morgan fingerprint density at radius 1 is 1.02 bits per heavy atom. The third kappa shape index (κ3) is 10.4. The largest absolute Gasteiger partial charge is 0.497 e. The maximum absolute atomic E-state index is 14.7. The van der Waals surface area contributed by atoms with Crippen LogP contribution in [0.15, 0.2) is 53.7 Å². The smallest absolute Gasteiger partial charge is 0.290 e.